The van der Waals surface area contributed by atoms with Crippen LogP contribution in [-0.4, -0.2) is 34.8 Å². The van der Waals surface area contributed by atoms with E-state index >= 15 is 0 Å². The molecule has 1 aliphatic heterocycles. The summed E-state index contributed by atoms with van der Waals surface area (Å²) in [5.74, 6) is 0.107. The third-order valence-electron chi connectivity index (χ3n) is 7.01. The van der Waals surface area contributed by atoms with Crippen molar-refractivity contribution >= 4 is 22.7 Å². The molecule has 1 aromatic heterocycles. The van der Waals surface area contributed by atoms with Crippen LogP contribution >= 0.6 is 0 Å². The fraction of sp³-hybridized carbons (Fsp3) is 0.370. The SMILES string of the molecule is Cc1cc(COc2ccc(C[C@]3(C(=O)N4CCCC4)C[C@@H]3C(N)=O)cc2)c2ccccc2n1. The molecule has 1 saturated carbocycles. The Labute approximate surface area is 193 Å². The van der Waals surface area contributed by atoms with Crippen molar-refractivity contribution in [1.82, 2.24) is 9.88 Å². The Kier molecular flexibility index (Phi) is 5.52. The maximum absolute atomic E-state index is 13.2. The van der Waals surface area contributed by atoms with Crippen molar-refractivity contribution in [3.8, 4) is 5.75 Å². The number of amides is 2. The number of nitrogens with zero attached hydrogens (tertiary/aromatic N) is 2. The van der Waals surface area contributed by atoms with Crippen molar-refractivity contribution in [2.75, 3.05) is 13.1 Å². The number of para-hydroxylation sites is 1. The van der Waals surface area contributed by atoms with Crippen LogP contribution in [0.2, 0.25) is 0 Å². The van der Waals surface area contributed by atoms with Crippen molar-refractivity contribution in [1.29, 1.82) is 0 Å². The number of hydrogen-bond donors (Lipinski definition) is 1. The lowest BCUT2D eigenvalue weighted by Crippen LogP contribution is -2.38. The first-order valence-electron chi connectivity index (χ1n) is 11.6. The van der Waals surface area contributed by atoms with Gasteiger partial charge in [0.15, 0.2) is 0 Å². The van der Waals surface area contributed by atoms with E-state index in [0.717, 1.165) is 59.4 Å². The minimum atomic E-state index is -0.675. The Morgan fingerprint density at radius 3 is 2.55 bits per heavy atom. The molecule has 0 radical (unpaired) electrons. The zero-order valence-corrected chi connectivity index (χ0v) is 18.9. The van der Waals surface area contributed by atoms with Crippen molar-refractivity contribution in [3.05, 3.63) is 71.4 Å². The maximum Gasteiger partial charge on any atom is 0.229 e. The number of primary amides is 1. The molecule has 0 bridgehead atoms. The number of rotatable bonds is 7. The number of nitrogens with two attached hydrogens (primary N) is 1. The second-order valence-electron chi connectivity index (χ2n) is 9.36. The summed E-state index contributed by atoms with van der Waals surface area (Å²) in [6, 6.07) is 18.0. The van der Waals surface area contributed by atoms with Crippen molar-refractivity contribution in [2.45, 2.75) is 39.2 Å². The second kappa shape index (κ2) is 8.50. The summed E-state index contributed by atoms with van der Waals surface area (Å²) < 4.78 is 6.07. The summed E-state index contributed by atoms with van der Waals surface area (Å²) in [6.07, 6.45) is 3.14. The van der Waals surface area contributed by atoms with Gasteiger partial charge in [0.2, 0.25) is 11.8 Å². The predicted molar refractivity (Wildman–Crippen MR) is 127 cm³/mol. The molecule has 2 N–H and O–H groups in total. The van der Waals surface area contributed by atoms with E-state index in [1.165, 1.54) is 0 Å². The van der Waals surface area contributed by atoms with Crippen molar-refractivity contribution in [3.63, 3.8) is 0 Å². The number of pyridine rings is 1. The van der Waals surface area contributed by atoms with Gasteiger partial charge in [-0.15, -0.1) is 0 Å². The molecule has 0 unspecified atom stereocenters. The van der Waals surface area contributed by atoms with Gasteiger partial charge in [0.05, 0.1) is 16.8 Å². The first-order chi connectivity index (χ1) is 16.0. The van der Waals surface area contributed by atoms with Gasteiger partial charge in [-0.3, -0.25) is 14.6 Å². The highest BCUT2D eigenvalue weighted by Gasteiger charge is 2.63. The summed E-state index contributed by atoms with van der Waals surface area (Å²) in [7, 11) is 0. The minimum Gasteiger partial charge on any atom is -0.489 e. The van der Waals surface area contributed by atoms with E-state index in [9.17, 15) is 9.59 Å². The Hall–Kier alpha value is -3.41. The number of carbonyl (C=O) groups is 2. The molecule has 6 nitrogen and oxygen atoms in total. The van der Waals surface area contributed by atoms with Crippen LogP contribution in [0.1, 0.15) is 36.1 Å². The van der Waals surface area contributed by atoms with Gasteiger partial charge in [0.1, 0.15) is 12.4 Å². The highest BCUT2D eigenvalue weighted by Crippen LogP contribution is 2.56. The molecule has 2 fully saturated rings. The summed E-state index contributed by atoms with van der Waals surface area (Å²) in [5, 5.41) is 1.09. The molecule has 170 valence electrons. The minimum absolute atomic E-state index is 0.0871. The van der Waals surface area contributed by atoms with Gasteiger partial charge in [-0.1, -0.05) is 30.3 Å². The third kappa shape index (κ3) is 4.17. The topological polar surface area (TPSA) is 85.5 Å². The molecule has 2 aliphatic rings. The maximum atomic E-state index is 13.2. The van der Waals surface area contributed by atoms with E-state index in [-0.39, 0.29) is 17.7 Å². The molecule has 1 aliphatic carbocycles. The fourth-order valence-corrected chi connectivity index (χ4v) is 5.16. The monoisotopic (exact) mass is 443 g/mol. The van der Waals surface area contributed by atoms with Gasteiger partial charge in [-0.2, -0.15) is 0 Å². The number of aromatic nitrogens is 1. The van der Waals surface area contributed by atoms with Gasteiger partial charge < -0.3 is 15.4 Å². The van der Waals surface area contributed by atoms with Crippen LogP contribution in [0.25, 0.3) is 10.9 Å². The van der Waals surface area contributed by atoms with Crippen LogP contribution in [0.15, 0.2) is 54.6 Å². The molecule has 3 aromatic rings. The predicted octanol–water partition coefficient (Wildman–Crippen LogP) is 3.78. The van der Waals surface area contributed by atoms with E-state index in [1.54, 1.807) is 0 Å². The normalized spacial score (nSPS) is 21.8. The lowest BCUT2D eigenvalue weighted by atomic mass is 9.92. The number of fused-ring (bicyclic) bond motifs is 1. The standard InChI is InChI=1S/C27H29N3O3/c1-18-14-20(22-6-2-3-7-24(22)29-18)17-33-21-10-8-19(9-11-21)15-27(16-23(27)25(28)31)26(32)30-12-4-5-13-30/h2-3,6-11,14,23H,4-5,12-13,15-17H2,1H3,(H2,28,31)/t23-,27+/m1/s1. The average molecular weight is 444 g/mol. The van der Waals surface area contributed by atoms with Gasteiger partial charge >= 0.3 is 0 Å². The molecule has 5 rings (SSSR count). The number of hydrogen-bond acceptors (Lipinski definition) is 4. The highest BCUT2D eigenvalue weighted by atomic mass is 16.5. The van der Waals surface area contributed by atoms with E-state index in [2.05, 4.69) is 17.1 Å². The number of aryl methyl sites for hydroxylation is 1. The lowest BCUT2D eigenvalue weighted by molar-refractivity contribution is -0.138. The summed E-state index contributed by atoms with van der Waals surface area (Å²) in [5.41, 5.74) is 8.97. The largest absolute Gasteiger partial charge is 0.489 e. The molecule has 2 heterocycles. The van der Waals surface area contributed by atoms with Gasteiger partial charge in [0, 0.05) is 29.7 Å². The van der Waals surface area contributed by atoms with Crippen LogP contribution in [0, 0.1) is 18.3 Å². The Bertz CT molecular complexity index is 1200. The molecule has 0 spiro atoms. The number of benzene rings is 2. The molecule has 2 amide bonds. The Morgan fingerprint density at radius 2 is 1.85 bits per heavy atom. The lowest BCUT2D eigenvalue weighted by Gasteiger charge is -2.24. The zero-order valence-electron chi connectivity index (χ0n) is 18.9. The van der Waals surface area contributed by atoms with Crippen LogP contribution in [0.4, 0.5) is 0 Å². The molecular weight excluding hydrogens is 414 g/mol. The second-order valence-corrected chi connectivity index (χ2v) is 9.36. The molecule has 6 heteroatoms. The van der Waals surface area contributed by atoms with Crippen molar-refractivity contribution in [2.24, 2.45) is 17.1 Å². The smallest absolute Gasteiger partial charge is 0.229 e. The third-order valence-corrected chi connectivity index (χ3v) is 7.01. The quantitative estimate of drug-likeness (QED) is 0.602. The molecule has 1 saturated heterocycles. The summed E-state index contributed by atoms with van der Waals surface area (Å²) in [6.45, 7) is 4.00. The van der Waals surface area contributed by atoms with Crippen molar-refractivity contribution < 1.29 is 14.3 Å². The number of ether oxygens (including phenoxy) is 1. The molecular formula is C27H29N3O3. The summed E-state index contributed by atoms with van der Waals surface area (Å²) >= 11 is 0. The van der Waals surface area contributed by atoms with Gasteiger partial charge in [0.25, 0.3) is 0 Å². The van der Waals surface area contributed by atoms with E-state index in [1.807, 2.05) is 54.3 Å². The fourth-order valence-electron chi connectivity index (χ4n) is 5.16. The average Bonchev–Trinajstić information content (AvgIpc) is 3.29. The number of carbonyl (C=O) groups excluding carboxylic acids is 2. The first-order valence-corrected chi connectivity index (χ1v) is 11.6. The first kappa shape index (κ1) is 21.4. The van der Waals surface area contributed by atoms with E-state index in [0.29, 0.717) is 19.4 Å². The molecule has 2 atom stereocenters. The molecule has 2 aromatic carbocycles. The Morgan fingerprint density at radius 1 is 1.12 bits per heavy atom. The van der Waals surface area contributed by atoms with E-state index < -0.39 is 5.41 Å². The van der Waals surface area contributed by atoms with Crippen LogP contribution < -0.4 is 10.5 Å². The zero-order chi connectivity index (χ0) is 23.0. The van der Waals surface area contributed by atoms with Crippen LogP contribution in [0.5, 0.6) is 5.75 Å². The van der Waals surface area contributed by atoms with Gasteiger partial charge in [-0.25, -0.2) is 0 Å². The molecule has 33 heavy (non-hydrogen) atoms. The number of likely N-dealkylation sites (tertiary alicyclic amines) is 1. The van der Waals surface area contributed by atoms with E-state index in [4.69, 9.17) is 10.5 Å². The Balaban J connectivity index is 1.29. The summed E-state index contributed by atoms with van der Waals surface area (Å²) in [4.78, 5) is 31.6. The highest BCUT2D eigenvalue weighted by molar-refractivity contribution is 5.95. The van der Waals surface area contributed by atoms with Gasteiger partial charge in [-0.05, 0) is 62.4 Å². The van der Waals surface area contributed by atoms with Crippen LogP contribution in [0.3, 0.4) is 0 Å². The van der Waals surface area contributed by atoms with Crippen LogP contribution in [-0.2, 0) is 22.6 Å².